The van der Waals surface area contributed by atoms with E-state index in [9.17, 15) is 8.42 Å². The maximum atomic E-state index is 11.8. The van der Waals surface area contributed by atoms with E-state index in [1.165, 1.54) is 0 Å². The summed E-state index contributed by atoms with van der Waals surface area (Å²) < 4.78 is 29.1. The molecule has 6 heteroatoms. The second-order valence-corrected chi connectivity index (χ2v) is 6.35. The van der Waals surface area contributed by atoms with Gasteiger partial charge in [0.1, 0.15) is 11.0 Å². The van der Waals surface area contributed by atoms with Gasteiger partial charge in [-0.2, -0.15) is 0 Å². The van der Waals surface area contributed by atoms with E-state index >= 15 is 0 Å². The van der Waals surface area contributed by atoms with Crippen molar-refractivity contribution in [2.45, 2.75) is 31.1 Å². The molecule has 1 aliphatic heterocycles. The highest BCUT2D eigenvalue weighted by molar-refractivity contribution is 7.91. The van der Waals surface area contributed by atoms with Crippen LogP contribution in [0.25, 0.3) is 0 Å². The molecule has 1 aliphatic rings. The molecule has 0 aliphatic carbocycles. The van der Waals surface area contributed by atoms with E-state index in [0.717, 1.165) is 12.8 Å². The van der Waals surface area contributed by atoms with Gasteiger partial charge < -0.3 is 9.73 Å². The van der Waals surface area contributed by atoms with E-state index < -0.39 is 15.1 Å². The van der Waals surface area contributed by atoms with Crippen LogP contribution in [0.5, 0.6) is 0 Å². The van der Waals surface area contributed by atoms with Crippen molar-refractivity contribution in [3.05, 3.63) is 17.8 Å². The van der Waals surface area contributed by atoms with Gasteiger partial charge in [-0.3, -0.25) is 0 Å². The van der Waals surface area contributed by atoms with Gasteiger partial charge in [-0.15, -0.1) is 0 Å². The molecule has 1 N–H and O–H groups in total. The standard InChI is InChI=1S/C10H16N2O3S/c1-11-6-8-7-12-10(15-8)9-4-2-3-5-16(9,13)14/h7,9,11H,2-6H2,1H3. The Morgan fingerprint density at radius 1 is 1.56 bits per heavy atom. The first-order valence-electron chi connectivity index (χ1n) is 5.44. The number of oxazole rings is 1. The van der Waals surface area contributed by atoms with Crippen LogP contribution in [0.1, 0.15) is 36.2 Å². The van der Waals surface area contributed by atoms with E-state index in [1.807, 2.05) is 0 Å². The molecule has 1 unspecified atom stereocenters. The van der Waals surface area contributed by atoms with Crippen molar-refractivity contribution < 1.29 is 12.8 Å². The van der Waals surface area contributed by atoms with Crippen molar-refractivity contribution in [1.29, 1.82) is 0 Å². The van der Waals surface area contributed by atoms with Gasteiger partial charge in [0, 0.05) is 0 Å². The summed E-state index contributed by atoms with van der Waals surface area (Å²) in [5.41, 5.74) is 0. The second kappa shape index (κ2) is 4.55. The normalized spacial score (nSPS) is 24.4. The maximum Gasteiger partial charge on any atom is 0.212 e. The molecule has 0 aromatic carbocycles. The lowest BCUT2D eigenvalue weighted by Crippen LogP contribution is -2.21. The SMILES string of the molecule is CNCc1cnc(C2CCCCS2(=O)=O)o1. The van der Waals surface area contributed by atoms with Crippen LogP contribution in [-0.2, 0) is 16.4 Å². The highest BCUT2D eigenvalue weighted by Gasteiger charge is 2.33. The molecule has 1 saturated heterocycles. The van der Waals surface area contributed by atoms with Gasteiger partial charge in [0.2, 0.25) is 5.89 Å². The average Bonchev–Trinajstić information content (AvgIpc) is 2.66. The third kappa shape index (κ3) is 2.27. The molecule has 0 bridgehead atoms. The number of hydrogen-bond donors (Lipinski definition) is 1. The Morgan fingerprint density at radius 3 is 3.06 bits per heavy atom. The van der Waals surface area contributed by atoms with Crippen molar-refractivity contribution >= 4 is 9.84 Å². The zero-order chi connectivity index (χ0) is 11.6. The van der Waals surface area contributed by atoms with Crippen LogP contribution in [0, 0.1) is 0 Å². The molecule has 0 radical (unpaired) electrons. The molecule has 2 heterocycles. The van der Waals surface area contributed by atoms with Gasteiger partial charge in [-0.05, 0) is 19.9 Å². The summed E-state index contributed by atoms with van der Waals surface area (Å²) >= 11 is 0. The summed E-state index contributed by atoms with van der Waals surface area (Å²) in [6, 6.07) is 0. The number of aromatic nitrogens is 1. The minimum absolute atomic E-state index is 0.251. The predicted octanol–water partition coefficient (Wildman–Crippen LogP) is 1.03. The zero-order valence-corrected chi connectivity index (χ0v) is 10.1. The minimum Gasteiger partial charge on any atom is -0.443 e. The van der Waals surface area contributed by atoms with Crippen molar-refractivity contribution in [3.63, 3.8) is 0 Å². The molecular formula is C10H16N2O3S. The smallest absolute Gasteiger partial charge is 0.212 e. The molecule has 0 amide bonds. The zero-order valence-electron chi connectivity index (χ0n) is 9.27. The molecular weight excluding hydrogens is 228 g/mol. The molecule has 1 aromatic rings. The Morgan fingerprint density at radius 2 is 2.38 bits per heavy atom. The van der Waals surface area contributed by atoms with Gasteiger partial charge >= 0.3 is 0 Å². The molecule has 0 saturated carbocycles. The summed E-state index contributed by atoms with van der Waals surface area (Å²) in [5, 5.41) is 2.40. The first-order chi connectivity index (χ1) is 7.63. The Labute approximate surface area is 95.2 Å². The fraction of sp³-hybridized carbons (Fsp3) is 0.700. The maximum absolute atomic E-state index is 11.8. The number of hydrogen-bond acceptors (Lipinski definition) is 5. The van der Waals surface area contributed by atoms with Gasteiger partial charge in [-0.1, -0.05) is 6.42 Å². The summed E-state index contributed by atoms with van der Waals surface area (Å²) in [6.45, 7) is 0.569. The minimum atomic E-state index is -3.05. The summed E-state index contributed by atoms with van der Waals surface area (Å²) in [5.74, 6) is 1.28. The number of rotatable bonds is 3. The summed E-state index contributed by atoms with van der Waals surface area (Å²) in [4.78, 5) is 4.07. The van der Waals surface area contributed by atoms with Crippen LogP contribution in [0.3, 0.4) is 0 Å². The van der Waals surface area contributed by atoms with Crippen LogP contribution in [0.2, 0.25) is 0 Å². The van der Waals surface area contributed by atoms with Crippen molar-refractivity contribution in [2.75, 3.05) is 12.8 Å². The van der Waals surface area contributed by atoms with Crippen molar-refractivity contribution in [3.8, 4) is 0 Å². The summed E-state index contributed by atoms with van der Waals surface area (Å²) in [6.07, 6.45) is 3.90. The first-order valence-corrected chi connectivity index (χ1v) is 7.16. The van der Waals surface area contributed by atoms with Crippen molar-refractivity contribution in [1.82, 2.24) is 10.3 Å². The Kier molecular flexibility index (Phi) is 3.30. The predicted molar refractivity (Wildman–Crippen MR) is 59.6 cm³/mol. The lowest BCUT2D eigenvalue weighted by atomic mass is 10.2. The molecule has 1 aromatic heterocycles. The monoisotopic (exact) mass is 244 g/mol. The van der Waals surface area contributed by atoms with Crippen LogP contribution in [0.15, 0.2) is 10.6 Å². The van der Waals surface area contributed by atoms with Gasteiger partial charge in [0.05, 0.1) is 18.5 Å². The van der Waals surface area contributed by atoms with Gasteiger partial charge in [0.15, 0.2) is 9.84 Å². The quantitative estimate of drug-likeness (QED) is 0.860. The fourth-order valence-electron chi connectivity index (χ4n) is 1.96. The largest absolute Gasteiger partial charge is 0.443 e. The summed E-state index contributed by atoms with van der Waals surface area (Å²) in [7, 11) is -1.25. The molecule has 1 fully saturated rings. The molecule has 90 valence electrons. The number of nitrogens with zero attached hydrogens (tertiary/aromatic N) is 1. The first kappa shape index (κ1) is 11.6. The lowest BCUT2D eigenvalue weighted by Gasteiger charge is -2.19. The van der Waals surface area contributed by atoms with E-state index in [1.54, 1.807) is 13.2 Å². The topological polar surface area (TPSA) is 72.2 Å². The molecule has 1 atom stereocenters. The highest BCUT2D eigenvalue weighted by Crippen LogP contribution is 2.32. The highest BCUT2D eigenvalue weighted by atomic mass is 32.2. The third-order valence-corrected chi connectivity index (χ3v) is 4.94. The van der Waals surface area contributed by atoms with Crippen LogP contribution in [-0.4, -0.2) is 26.2 Å². The van der Waals surface area contributed by atoms with Crippen LogP contribution in [0.4, 0.5) is 0 Å². The van der Waals surface area contributed by atoms with Crippen molar-refractivity contribution in [2.24, 2.45) is 0 Å². The third-order valence-electron chi connectivity index (χ3n) is 2.78. The molecule has 0 spiro atoms. The average molecular weight is 244 g/mol. The number of sulfone groups is 1. The van der Waals surface area contributed by atoms with Crippen LogP contribution < -0.4 is 5.32 Å². The Hall–Kier alpha value is -0.880. The van der Waals surface area contributed by atoms with Gasteiger partial charge in [0.25, 0.3) is 0 Å². The fourth-order valence-corrected chi connectivity index (χ4v) is 3.79. The van der Waals surface area contributed by atoms with Crippen LogP contribution >= 0.6 is 0 Å². The Bertz CT molecular complexity index is 452. The molecule has 5 nitrogen and oxygen atoms in total. The van der Waals surface area contributed by atoms with Gasteiger partial charge in [-0.25, -0.2) is 13.4 Å². The van der Waals surface area contributed by atoms with E-state index in [2.05, 4.69) is 10.3 Å². The van der Waals surface area contributed by atoms with E-state index in [0.29, 0.717) is 24.6 Å². The van der Waals surface area contributed by atoms with E-state index in [-0.39, 0.29) is 5.75 Å². The Balaban J connectivity index is 2.22. The molecule has 16 heavy (non-hydrogen) atoms. The van der Waals surface area contributed by atoms with E-state index in [4.69, 9.17) is 4.42 Å². The lowest BCUT2D eigenvalue weighted by molar-refractivity contribution is 0.420. The number of nitrogens with one attached hydrogen (secondary N) is 1. The second-order valence-electron chi connectivity index (χ2n) is 4.05. The molecule has 2 rings (SSSR count).